The molecule has 2 aromatic carbocycles. The summed E-state index contributed by atoms with van der Waals surface area (Å²) in [5.41, 5.74) is 2.12. The fourth-order valence-corrected chi connectivity index (χ4v) is 4.82. The number of sulfone groups is 1. The molecule has 1 fully saturated rings. The minimum absolute atomic E-state index is 0.0482. The first-order valence-electron chi connectivity index (χ1n) is 9.34. The molecule has 1 heterocycles. The lowest BCUT2D eigenvalue weighted by Gasteiger charge is -2.30. The maximum atomic E-state index is 12.5. The van der Waals surface area contributed by atoms with Crippen LogP contribution in [-0.2, 0) is 16.4 Å². The second-order valence-electron chi connectivity index (χ2n) is 7.55. The van der Waals surface area contributed by atoms with Crippen molar-refractivity contribution in [1.82, 2.24) is 4.90 Å². The molecule has 7 heteroatoms. The zero-order valence-electron chi connectivity index (χ0n) is 16.1. The van der Waals surface area contributed by atoms with Gasteiger partial charge in [-0.2, -0.15) is 0 Å². The third kappa shape index (κ3) is 5.34. The van der Waals surface area contributed by atoms with Crippen LogP contribution in [0.2, 0.25) is 5.02 Å². The molecule has 1 amide bonds. The first-order valence-corrected chi connectivity index (χ1v) is 11.6. The Hall–Kier alpha value is -1.89. The van der Waals surface area contributed by atoms with Crippen molar-refractivity contribution in [1.29, 1.82) is 0 Å². The molecule has 2 aromatic rings. The van der Waals surface area contributed by atoms with E-state index in [9.17, 15) is 13.2 Å². The third-order valence-electron chi connectivity index (χ3n) is 4.95. The second kappa shape index (κ2) is 8.64. The van der Waals surface area contributed by atoms with Crippen LogP contribution in [0.15, 0.2) is 47.4 Å². The summed E-state index contributed by atoms with van der Waals surface area (Å²) in [6.45, 7) is 5.45. The van der Waals surface area contributed by atoms with Gasteiger partial charge in [-0.25, -0.2) is 8.42 Å². The molecule has 0 spiro atoms. The molecule has 3 rings (SSSR count). The smallest absolute Gasteiger partial charge is 0.255 e. The highest BCUT2D eigenvalue weighted by Gasteiger charge is 2.17. The van der Waals surface area contributed by atoms with E-state index in [4.69, 9.17) is 11.6 Å². The molecule has 1 unspecified atom stereocenters. The van der Waals surface area contributed by atoms with Gasteiger partial charge in [0.25, 0.3) is 5.91 Å². The Balaban J connectivity index is 1.66. The van der Waals surface area contributed by atoms with Crippen LogP contribution >= 0.6 is 11.6 Å². The molecule has 1 N–H and O–H groups in total. The average molecular weight is 421 g/mol. The molecule has 0 aliphatic carbocycles. The van der Waals surface area contributed by atoms with Gasteiger partial charge in [-0.05, 0) is 61.2 Å². The summed E-state index contributed by atoms with van der Waals surface area (Å²) in [6.07, 6.45) is 3.61. The summed E-state index contributed by atoms with van der Waals surface area (Å²) in [7, 11) is -3.50. The molecule has 0 radical (unpaired) electrons. The van der Waals surface area contributed by atoms with Gasteiger partial charge in [-0.1, -0.05) is 30.7 Å². The van der Waals surface area contributed by atoms with E-state index in [0.29, 0.717) is 5.69 Å². The third-order valence-corrected chi connectivity index (χ3v) is 6.53. The van der Waals surface area contributed by atoms with Gasteiger partial charge in [0.05, 0.1) is 9.92 Å². The number of benzene rings is 2. The van der Waals surface area contributed by atoms with Crippen molar-refractivity contribution in [3.63, 3.8) is 0 Å². The number of nitrogens with zero attached hydrogens (tertiary/aromatic N) is 1. The molecule has 1 saturated heterocycles. The van der Waals surface area contributed by atoms with Gasteiger partial charge < -0.3 is 5.32 Å². The lowest BCUT2D eigenvalue weighted by molar-refractivity contribution is 0.102. The first kappa shape index (κ1) is 20.8. The van der Waals surface area contributed by atoms with Crippen LogP contribution in [-0.4, -0.2) is 38.6 Å². The number of rotatable bonds is 5. The monoisotopic (exact) mass is 420 g/mol. The molecule has 0 aromatic heterocycles. The number of anilines is 1. The number of carbonyl (C=O) groups excluding carboxylic acids is 1. The van der Waals surface area contributed by atoms with Gasteiger partial charge in [0, 0.05) is 30.6 Å². The van der Waals surface area contributed by atoms with Crippen molar-refractivity contribution < 1.29 is 13.2 Å². The summed E-state index contributed by atoms with van der Waals surface area (Å²) in [6, 6.07) is 12.0. The molecule has 1 aliphatic heterocycles. The zero-order chi connectivity index (χ0) is 20.3. The van der Waals surface area contributed by atoms with E-state index in [1.165, 1.54) is 36.6 Å². The lowest BCUT2D eigenvalue weighted by atomic mass is 10.00. The average Bonchev–Trinajstić information content (AvgIpc) is 2.63. The Morgan fingerprint density at radius 3 is 2.57 bits per heavy atom. The molecule has 1 aliphatic rings. The van der Waals surface area contributed by atoms with Gasteiger partial charge >= 0.3 is 0 Å². The minimum Gasteiger partial charge on any atom is -0.322 e. The van der Waals surface area contributed by atoms with Crippen molar-refractivity contribution in [2.45, 2.75) is 31.2 Å². The molecule has 150 valence electrons. The van der Waals surface area contributed by atoms with Gasteiger partial charge in [0.1, 0.15) is 0 Å². The predicted octanol–water partition coefficient (Wildman–Crippen LogP) is 4.23. The molecule has 5 nitrogen and oxygen atoms in total. The minimum atomic E-state index is -3.50. The second-order valence-corrected chi connectivity index (χ2v) is 9.94. The number of nitrogens with one attached hydrogen (secondary N) is 1. The maximum absolute atomic E-state index is 12.5. The Morgan fingerprint density at radius 2 is 1.93 bits per heavy atom. The van der Waals surface area contributed by atoms with Crippen LogP contribution in [0.25, 0.3) is 0 Å². The van der Waals surface area contributed by atoms with E-state index in [0.717, 1.165) is 31.8 Å². The number of amides is 1. The van der Waals surface area contributed by atoms with Gasteiger partial charge in [0.2, 0.25) is 0 Å². The van der Waals surface area contributed by atoms with E-state index in [1.807, 2.05) is 24.3 Å². The molecule has 0 saturated carbocycles. The number of hydrogen-bond acceptors (Lipinski definition) is 4. The van der Waals surface area contributed by atoms with E-state index in [1.54, 1.807) is 0 Å². The van der Waals surface area contributed by atoms with Crippen LogP contribution in [0.5, 0.6) is 0 Å². The van der Waals surface area contributed by atoms with Crippen LogP contribution in [0, 0.1) is 5.92 Å². The first-order chi connectivity index (χ1) is 13.2. The SMILES string of the molecule is CC1CCCN(Cc2ccc(NC(=O)c3ccc(Cl)c(S(C)(=O)=O)c3)cc2)C1. The van der Waals surface area contributed by atoms with Crippen LogP contribution in [0.1, 0.15) is 35.7 Å². The maximum Gasteiger partial charge on any atom is 0.255 e. The van der Waals surface area contributed by atoms with Crippen LogP contribution in [0.4, 0.5) is 5.69 Å². The number of carbonyl (C=O) groups is 1. The van der Waals surface area contributed by atoms with Crippen molar-refractivity contribution in [2.75, 3.05) is 24.7 Å². The van der Waals surface area contributed by atoms with Crippen molar-refractivity contribution in [3.05, 3.63) is 58.6 Å². The van der Waals surface area contributed by atoms with E-state index >= 15 is 0 Å². The standard InChI is InChI=1S/C21H25ClN2O3S/c1-15-4-3-11-24(13-15)14-16-5-8-18(9-6-16)23-21(25)17-7-10-19(22)20(12-17)28(2,26)27/h5-10,12,15H,3-4,11,13-14H2,1-2H3,(H,23,25). The number of hydrogen-bond donors (Lipinski definition) is 1. The zero-order valence-corrected chi connectivity index (χ0v) is 17.7. The van der Waals surface area contributed by atoms with Crippen molar-refractivity contribution in [2.24, 2.45) is 5.92 Å². The number of likely N-dealkylation sites (tertiary alicyclic amines) is 1. The van der Waals surface area contributed by atoms with E-state index in [-0.39, 0.29) is 21.4 Å². The molecular formula is C21H25ClN2O3S. The summed E-state index contributed by atoms with van der Waals surface area (Å²) < 4.78 is 23.6. The Labute approximate surface area is 171 Å². The fourth-order valence-electron chi connectivity index (χ4n) is 3.51. The summed E-state index contributed by atoms with van der Waals surface area (Å²) >= 11 is 5.94. The quantitative estimate of drug-likeness (QED) is 0.786. The number of halogens is 1. The van der Waals surface area contributed by atoms with Crippen LogP contribution in [0.3, 0.4) is 0 Å². The van der Waals surface area contributed by atoms with Crippen molar-refractivity contribution in [3.8, 4) is 0 Å². The Morgan fingerprint density at radius 1 is 1.21 bits per heavy atom. The fraction of sp³-hybridized carbons (Fsp3) is 0.381. The van der Waals surface area contributed by atoms with Crippen LogP contribution < -0.4 is 5.32 Å². The summed E-state index contributed by atoms with van der Waals surface area (Å²) in [4.78, 5) is 14.9. The van der Waals surface area contributed by atoms with E-state index in [2.05, 4.69) is 17.1 Å². The highest BCUT2D eigenvalue weighted by atomic mass is 35.5. The predicted molar refractivity (Wildman–Crippen MR) is 113 cm³/mol. The lowest BCUT2D eigenvalue weighted by Crippen LogP contribution is -2.33. The topological polar surface area (TPSA) is 66.5 Å². The highest BCUT2D eigenvalue weighted by Crippen LogP contribution is 2.23. The number of piperidine rings is 1. The van der Waals surface area contributed by atoms with Gasteiger partial charge in [0.15, 0.2) is 9.84 Å². The Bertz CT molecular complexity index is 958. The summed E-state index contributed by atoms with van der Waals surface area (Å²) in [5, 5.41) is 2.91. The summed E-state index contributed by atoms with van der Waals surface area (Å²) in [5.74, 6) is 0.364. The molecule has 0 bridgehead atoms. The van der Waals surface area contributed by atoms with Gasteiger partial charge in [-0.15, -0.1) is 0 Å². The molecule has 28 heavy (non-hydrogen) atoms. The normalized spacial score (nSPS) is 18.0. The highest BCUT2D eigenvalue weighted by molar-refractivity contribution is 7.90. The van der Waals surface area contributed by atoms with E-state index < -0.39 is 9.84 Å². The molecule has 1 atom stereocenters. The van der Waals surface area contributed by atoms with Crippen molar-refractivity contribution >= 4 is 33.0 Å². The largest absolute Gasteiger partial charge is 0.322 e. The molecular weight excluding hydrogens is 396 g/mol. The van der Waals surface area contributed by atoms with Gasteiger partial charge in [-0.3, -0.25) is 9.69 Å². The Kier molecular flexibility index (Phi) is 6.43.